The molecule has 1 aliphatic carbocycles. The highest BCUT2D eigenvalue weighted by Gasteiger charge is 2.46. The van der Waals surface area contributed by atoms with Crippen LogP contribution in [0.4, 0.5) is 0 Å². The van der Waals surface area contributed by atoms with Crippen molar-refractivity contribution in [2.24, 2.45) is 0 Å². The highest BCUT2D eigenvalue weighted by Crippen LogP contribution is 2.48. The lowest BCUT2D eigenvalue weighted by molar-refractivity contribution is 0.361. The molecule has 1 aliphatic heterocycles. The van der Waals surface area contributed by atoms with Gasteiger partial charge in [-0.2, -0.15) is 0 Å². The van der Waals surface area contributed by atoms with Gasteiger partial charge in [-0.15, -0.1) is 0 Å². The molecule has 1 saturated heterocycles. The van der Waals surface area contributed by atoms with Crippen molar-refractivity contribution >= 4 is 11.6 Å². The zero-order valence-electron chi connectivity index (χ0n) is 5.88. The molecule has 1 fully saturated rings. The van der Waals surface area contributed by atoms with E-state index in [2.05, 4.69) is 6.07 Å². The number of hydrogen-bond acceptors (Lipinski definition) is 1. The Hall–Kier alpha value is -0.530. The van der Waals surface area contributed by atoms with E-state index < -0.39 is 0 Å². The van der Waals surface area contributed by atoms with E-state index in [-0.39, 0.29) is 0 Å². The lowest BCUT2D eigenvalue weighted by Crippen LogP contribution is -1.87. The van der Waals surface area contributed by atoms with Gasteiger partial charge < -0.3 is 4.74 Å². The molecule has 2 heteroatoms. The molecule has 0 radical (unpaired) electrons. The van der Waals surface area contributed by atoms with Crippen molar-refractivity contribution in [3.63, 3.8) is 0 Å². The smallest absolute Gasteiger partial charge is 0.110 e. The monoisotopic (exact) mass is 166 g/mol. The van der Waals surface area contributed by atoms with Gasteiger partial charge in [0.15, 0.2) is 0 Å². The molecule has 0 N–H and O–H groups in total. The van der Waals surface area contributed by atoms with E-state index in [9.17, 15) is 0 Å². The Morgan fingerprint density at radius 1 is 1.45 bits per heavy atom. The van der Waals surface area contributed by atoms with Crippen LogP contribution in [-0.4, -0.2) is 6.10 Å². The van der Waals surface area contributed by atoms with Gasteiger partial charge in [-0.3, -0.25) is 0 Å². The van der Waals surface area contributed by atoms with Crippen LogP contribution in [0.3, 0.4) is 0 Å². The van der Waals surface area contributed by atoms with Gasteiger partial charge in [-0.1, -0.05) is 17.7 Å². The summed E-state index contributed by atoms with van der Waals surface area (Å²) in [5.41, 5.74) is 2.72. The Morgan fingerprint density at radius 2 is 2.36 bits per heavy atom. The summed E-state index contributed by atoms with van der Waals surface area (Å²) in [5.74, 6) is 0. The van der Waals surface area contributed by atoms with E-state index in [1.54, 1.807) is 0 Å². The maximum atomic E-state index is 5.85. The Kier molecular flexibility index (Phi) is 0.984. The van der Waals surface area contributed by atoms with Crippen molar-refractivity contribution in [3.8, 4) is 0 Å². The van der Waals surface area contributed by atoms with Gasteiger partial charge >= 0.3 is 0 Å². The molecule has 56 valence electrons. The predicted octanol–water partition coefficient (Wildman–Crippen LogP) is 2.34. The number of halogens is 1. The van der Waals surface area contributed by atoms with Crippen LogP contribution in [0.15, 0.2) is 18.2 Å². The van der Waals surface area contributed by atoms with E-state index in [1.807, 2.05) is 12.1 Å². The Morgan fingerprint density at radius 3 is 3.27 bits per heavy atom. The number of rotatable bonds is 0. The van der Waals surface area contributed by atoms with Gasteiger partial charge in [0, 0.05) is 11.4 Å². The third-order valence-electron chi connectivity index (χ3n) is 2.42. The van der Waals surface area contributed by atoms with Crippen molar-refractivity contribution in [2.75, 3.05) is 0 Å². The maximum Gasteiger partial charge on any atom is 0.110 e. The zero-order valence-corrected chi connectivity index (χ0v) is 6.64. The standard InChI is InChI=1S/C9H7ClO/c10-6-1-2-7-5(3-6)4-8-9(7)11-8/h1-3,8-9H,4H2/t8?,9-/m1/s1. The Labute approximate surface area is 69.9 Å². The molecule has 0 amide bonds. The minimum Gasteiger partial charge on any atom is -0.364 e. The molecule has 0 saturated carbocycles. The molecule has 1 nitrogen and oxygen atoms in total. The first-order valence-corrected chi connectivity index (χ1v) is 4.16. The molecule has 0 aromatic heterocycles. The van der Waals surface area contributed by atoms with Crippen LogP contribution in [0, 0.1) is 0 Å². The molecule has 1 aromatic carbocycles. The summed E-state index contributed by atoms with van der Waals surface area (Å²) in [7, 11) is 0. The molecule has 1 unspecified atom stereocenters. The van der Waals surface area contributed by atoms with Gasteiger partial charge in [-0.25, -0.2) is 0 Å². The molecular weight excluding hydrogens is 160 g/mol. The first-order valence-electron chi connectivity index (χ1n) is 3.78. The summed E-state index contributed by atoms with van der Waals surface area (Å²) in [4.78, 5) is 0. The van der Waals surface area contributed by atoms with Crippen molar-refractivity contribution < 1.29 is 4.74 Å². The summed E-state index contributed by atoms with van der Waals surface area (Å²) >= 11 is 5.85. The fourth-order valence-electron chi connectivity index (χ4n) is 1.82. The summed E-state index contributed by atoms with van der Waals surface area (Å²) in [6, 6.07) is 6.06. The summed E-state index contributed by atoms with van der Waals surface area (Å²) in [6.45, 7) is 0. The SMILES string of the molecule is Clc1ccc2c(c1)CC1O[C@H]21. The average Bonchev–Trinajstić information content (AvgIpc) is 2.63. The second-order valence-electron chi connectivity index (χ2n) is 3.14. The van der Waals surface area contributed by atoms with Crippen LogP contribution in [0.5, 0.6) is 0 Å². The molecule has 11 heavy (non-hydrogen) atoms. The maximum absolute atomic E-state index is 5.85. The molecule has 2 atom stereocenters. The molecule has 1 aromatic rings. The second-order valence-corrected chi connectivity index (χ2v) is 3.58. The third kappa shape index (κ3) is 0.754. The minimum absolute atomic E-state index is 0.405. The molecule has 3 rings (SSSR count). The van der Waals surface area contributed by atoms with Crippen molar-refractivity contribution in [3.05, 3.63) is 34.3 Å². The number of ether oxygens (including phenoxy) is 1. The molecule has 1 heterocycles. The largest absolute Gasteiger partial charge is 0.364 e. The average molecular weight is 167 g/mol. The first kappa shape index (κ1) is 6.04. The molecule has 2 aliphatic rings. The van der Waals surface area contributed by atoms with Crippen LogP contribution >= 0.6 is 11.6 Å². The third-order valence-corrected chi connectivity index (χ3v) is 2.65. The van der Waals surface area contributed by atoms with Crippen LogP contribution in [-0.2, 0) is 11.2 Å². The van der Waals surface area contributed by atoms with E-state index in [0.29, 0.717) is 12.2 Å². The lowest BCUT2D eigenvalue weighted by atomic mass is 10.1. The fraction of sp³-hybridized carbons (Fsp3) is 0.333. The normalized spacial score (nSPS) is 31.4. The van der Waals surface area contributed by atoms with Gasteiger partial charge in [0.05, 0.1) is 6.10 Å². The molecule has 0 bridgehead atoms. The number of benzene rings is 1. The number of fused-ring (bicyclic) bond motifs is 3. The van der Waals surface area contributed by atoms with Crippen LogP contribution in [0.2, 0.25) is 5.02 Å². The summed E-state index contributed by atoms with van der Waals surface area (Å²) in [5, 5.41) is 0.838. The highest BCUT2D eigenvalue weighted by atomic mass is 35.5. The number of epoxide rings is 1. The van der Waals surface area contributed by atoms with Crippen molar-refractivity contribution in [1.29, 1.82) is 0 Å². The van der Waals surface area contributed by atoms with E-state index in [0.717, 1.165) is 11.4 Å². The fourth-order valence-corrected chi connectivity index (χ4v) is 2.01. The first-order chi connectivity index (χ1) is 5.34. The molecular formula is C9H7ClO. The van der Waals surface area contributed by atoms with Crippen molar-refractivity contribution in [1.82, 2.24) is 0 Å². The van der Waals surface area contributed by atoms with Gasteiger partial charge in [0.1, 0.15) is 6.10 Å². The van der Waals surface area contributed by atoms with Gasteiger partial charge in [-0.05, 0) is 23.3 Å². The van der Waals surface area contributed by atoms with E-state index >= 15 is 0 Å². The second kappa shape index (κ2) is 1.79. The van der Waals surface area contributed by atoms with Gasteiger partial charge in [0.25, 0.3) is 0 Å². The zero-order chi connectivity index (χ0) is 7.42. The predicted molar refractivity (Wildman–Crippen MR) is 42.8 cm³/mol. The summed E-state index contributed by atoms with van der Waals surface area (Å²) < 4.78 is 5.38. The van der Waals surface area contributed by atoms with Crippen LogP contribution in [0.25, 0.3) is 0 Å². The lowest BCUT2D eigenvalue weighted by Gasteiger charge is -2.00. The van der Waals surface area contributed by atoms with Gasteiger partial charge in [0.2, 0.25) is 0 Å². The van der Waals surface area contributed by atoms with E-state index in [4.69, 9.17) is 16.3 Å². The highest BCUT2D eigenvalue weighted by molar-refractivity contribution is 6.30. The van der Waals surface area contributed by atoms with Crippen molar-refractivity contribution in [2.45, 2.75) is 18.6 Å². The van der Waals surface area contributed by atoms with Crippen LogP contribution < -0.4 is 0 Å². The minimum atomic E-state index is 0.405. The topological polar surface area (TPSA) is 12.5 Å². The quantitative estimate of drug-likeness (QED) is 0.539. The Bertz CT molecular complexity index is 321. The summed E-state index contributed by atoms with van der Waals surface area (Å²) in [6.07, 6.45) is 1.94. The Balaban J connectivity index is 2.18. The van der Waals surface area contributed by atoms with E-state index in [1.165, 1.54) is 11.1 Å². The van der Waals surface area contributed by atoms with Crippen LogP contribution in [0.1, 0.15) is 17.2 Å². The number of hydrogen-bond donors (Lipinski definition) is 0. The molecule has 0 spiro atoms.